The summed E-state index contributed by atoms with van der Waals surface area (Å²) in [6, 6.07) is 43.9. The monoisotopic (exact) mass is 645 g/mol. The molecule has 0 saturated carbocycles. The molecule has 8 aromatic rings. The van der Waals surface area contributed by atoms with E-state index in [-0.39, 0.29) is 6.04 Å². The highest BCUT2D eigenvalue weighted by Crippen LogP contribution is 2.38. The van der Waals surface area contributed by atoms with E-state index in [0.29, 0.717) is 0 Å². The summed E-state index contributed by atoms with van der Waals surface area (Å²) in [7, 11) is 0. The van der Waals surface area contributed by atoms with Crippen LogP contribution in [0.2, 0.25) is 0 Å². The Bertz CT molecular complexity index is 2610. The first-order valence-corrected chi connectivity index (χ1v) is 17.7. The maximum absolute atomic E-state index is 4.40. The first-order chi connectivity index (χ1) is 24.7. The molecule has 1 unspecified atom stereocenters. The quantitative estimate of drug-likeness (QED) is 0.126. The molecule has 3 heterocycles. The van der Waals surface area contributed by atoms with Gasteiger partial charge in [0.1, 0.15) is 0 Å². The minimum absolute atomic E-state index is 0.0393. The number of hydrogen-bond donors (Lipinski definition) is 0. The van der Waals surface area contributed by atoms with E-state index < -0.39 is 0 Å². The highest BCUT2D eigenvalue weighted by atomic mass is 15.0. The molecule has 0 N–H and O–H groups in total. The van der Waals surface area contributed by atoms with E-state index in [1.54, 1.807) is 0 Å². The van der Waals surface area contributed by atoms with Crippen molar-refractivity contribution in [1.82, 2.24) is 13.7 Å². The number of hydrogen-bond acceptors (Lipinski definition) is 0. The summed E-state index contributed by atoms with van der Waals surface area (Å²) in [5, 5.41) is 6.31. The molecular weight excluding hydrogens is 607 g/mol. The number of benzene rings is 5. The molecule has 0 bridgehead atoms. The predicted molar refractivity (Wildman–Crippen MR) is 215 cm³/mol. The molecule has 1 aliphatic rings. The number of rotatable bonds is 6. The number of nitrogens with zero attached hydrogens (tertiary/aromatic N) is 3. The SMILES string of the molecule is C=C/C(=C\C(=C/C(C)n1c2c(c3ccccc31)CC/C=C\CC=C2)n1c2ccccc2c2ccccc21)n1c2ccccc2c2ccccc21. The fraction of sp³-hybridized carbons (Fsp3) is 0.106. The molecule has 0 radical (unpaired) electrons. The largest absolute Gasteiger partial charge is 0.334 e. The van der Waals surface area contributed by atoms with Crippen molar-refractivity contribution in [2.75, 3.05) is 0 Å². The summed E-state index contributed by atoms with van der Waals surface area (Å²) < 4.78 is 7.35. The van der Waals surface area contributed by atoms with Crippen LogP contribution in [0.3, 0.4) is 0 Å². The fourth-order valence-electron chi connectivity index (χ4n) is 8.21. The zero-order valence-electron chi connectivity index (χ0n) is 28.3. The van der Waals surface area contributed by atoms with Crippen molar-refractivity contribution in [2.24, 2.45) is 0 Å². The Labute approximate surface area is 292 Å². The van der Waals surface area contributed by atoms with Gasteiger partial charge in [0.05, 0.1) is 28.1 Å². The molecule has 242 valence electrons. The molecule has 0 aliphatic heterocycles. The summed E-state index contributed by atoms with van der Waals surface area (Å²) in [4.78, 5) is 0. The molecule has 1 aliphatic carbocycles. The van der Waals surface area contributed by atoms with E-state index in [0.717, 1.165) is 30.7 Å². The third-order valence-electron chi connectivity index (χ3n) is 10.3. The van der Waals surface area contributed by atoms with Crippen LogP contribution in [0.1, 0.15) is 37.1 Å². The number of allylic oxidation sites excluding steroid dienone is 8. The fourth-order valence-corrected chi connectivity index (χ4v) is 8.21. The predicted octanol–water partition coefficient (Wildman–Crippen LogP) is 12.6. The smallest absolute Gasteiger partial charge is 0.0541 e. The van der Waals surface area contributed by atoms with Crippen molar-refractivity contribution in [3.05, 3.63) is 176 Å². The molecule has 0 fully saturated rings. The van der Waals surface area contributed by atoms with Crippen molar-refractivity contribution in [3.63, 3.8) is 0 Å². The Hall–Kier alpha value is -6.06. The van der Waals surface area contributed by atoms with Crippen LogP contribution in [0, 0.1) is 0 Å². The average Bonchev–Trinajstić information content (AvgIpc) is 3.81. The van der Waals surface area contributed by atoms with Crippen molar-refractivity contribution in [1.29, 1.82) is 0 Å². The summed E-state index contributed by atoms with van der Waals surface area (Å²) in [5.41, 5.74) is 10.8. The zero-order chi connectivity index (χ0) is 33.6. The second-order valence-corrected chi connectivity index (χ2v) is 13.2. The maximum Gasteiger partial charge on any atom is 0.0541 e. The van der Waals surface area contributed by atoms with Gasteiger partial charge < -0.3 is 13.7 Å². The Morgan fingerprint density at radius 1 is 0.580 bits per heavy atom. The van der Waals surface area contributed by atoms with Crippen LogP contribution in [0.15, 0.2) is 164 Å². The molecule has 3 aromatic heterocycles. The summed E-state index contributed by atoms with van der Waals surface area (Å²) >= 11 is 0. The lowest BCUT2D eigenvalue weighted by molar-refractivity contribution is 0.678. The second-order valence-electron chi connectivity index (χ2n) is 13.2. The average molecular weight is 646 g/mol. The molecule has 3 heteroatoms. The van der Waals surface area contributed by atoms with Gasteiger partial charge in [-0.2, -0.15) is 0 Å². The van der Waals surface area contributed by atoms with Gasteiger partial charge in [-0.15, -0.1) is 0 Å². The lowest BCUT2D eigenvalue weighted by Crippen LogP contribution is -2.08. The van der Waals surface area contributed by atoms with Crippen LogP contribution in [0.4, 0.5) is 0 Å². The Morgan fingerprint density at radius 3 is 1.60 bits per heavy atom. The molecule has 0 amide bonds. The third-order valence-corrected chi connectivity index (χ3v) is 10.3. The summed E-state index contributed by atoms with van der Waals surface area (Å²) in [6.07, 6.45) is 19.1. The lowest BCUT2D eigenvalue weighted by atomic mass is 10.1. The number of para-hydroxylation sites is 5. The van der Waals surface area contributed by atoms with E-state index in [2.05, 4.69) is 185 Å². The highest BCUT2D eigenvalue weighted by molar-refractivity contribution is 6.12. The van der Waals surface area contributed by atoms with Crippen molar-refractivity contribution < 1.29 is 0 Å². The Kier molecular flexibility index (Phi) is 7.47. The summed E-state index contributed by atoms with van der Waals surface area (Å²) in [6.45, 7) is 6.73. The third kappa shape index (κ3) is 4.81. The standard InChI is InChI=1S/C47H39N3/c1-3-34(49-44-27-15-10-21-38(44)39-22-11-16-28-45(39)49)32-35(50-46-29-17-12-23-40(46)41-24-13-18-30-47(41)50)31-33(2)48-42-25-8-6-4-5-7-19-36(42)37-20-9-14-26-43(37)48/h3-5,8-18,20-33H,1,6-7,19H2,2H3/b5-4-,25-8?,34-32+,35-31+. The van der Waals surface area contributed by atoms with Gasteiger partial charge in [0, 0.05) is 49.5 Å². The molecule has 50 heavy (non-hydrogen) atoms. The van der Waals surface area contributed by atoms with Crippen LogP contribution in [-0.2, 0) is 6.42 Å². The molecule has 3 nitrogen and oxygen atoms in total. The van der Waals surface area contributed by atoms with E-state index in [1.807, 2.05) is 6.08 Å². The van der Waals surface area contributed by atoms with Crippen LogP contribution in [0.5, 0.6) is 0 Å². The van der Waals surface area contributed by atoms with E-state index in [4.69, 9.17) is 0 Å². The van der Waals surface area contributed by atoms with Crippen LogP contribution < -0.4 is 0 Å². The minimum Gasteiger partial charge on any atom is -0.334 e. The Balaban J connectivity index is 1.34. The van der Waals surface area contributed by atoms with Crippen molar-refractivity contribution >= 4 is 72.0 Å². The van der Waals surface area contributed by atoms with Gasteiger partial charge in [0.2, 0.25) is 0 Å². The maximum atomic E-state index is 4.40. The Morgan fingerprint density at radius 2 is 1.06 bits per heavy atom. The van der Waals surface area contributed by atoms with Gasteiger partial charge in [0.25, 0.3) is 0 Å². The van der Waals surface area contributed by atoms with Gasteiger partial charge in [-0.05, 0) is 86.4 Å². The zero-order valence-corrected chi connectivity index (χ0v) is 28.3. The van der Waals surface area contributed by atoms with Gasteiger partial charge in [-0.3, -0.25) is 0 Å². The first-order valence-electron chi connectivity index (χ1n) is 17.7. The normalized spacial score (nSPS) is 15.4. The molecule has 0 saturated heterocycles. The van der Waals surface area contributed by atoms with Crippen LogP contribution in [0.25, 0.3) is 72.0 Å². The van der Waals surface area contributed by atoms with Crippen molar-refractivity contribution in [2.45, 2.75) is 32.2 Å². The van der Waals surface area contributed by atoms with E-state index >= 15 is 0 Å². The van der Waals surface area contributed by atoms with Crippen LogP contribution in [-0.4, -0.2) is 13.7 Å². The molecule has 1 atom stereocenters. The second kappa shape index (κ2) is 12.4. The molecule has 9 rings (SSSR count). The highest BCUT2D eigenvalue weighted by Gasteiger charge is 2.21. The topological polar surface area (TPSA) is 14.8 Å². The number of aryl methyl sites for hydroxylation is 1. The molecular formula is C47H39N3. The van der Waals surface area contributed by atoms with Gasteiger partial charge in [-0.1, -0.05) is 116 Å². The van der Waals surface area contributed by atoms with E-state index in [9.17, 15) is 0 Å². The van der Waals surface area contributed by atoms with E-state index in [1.165, 1.54) is 65.8 Å². The molecule has 0 spiro atoms. The van der Waals surface area contributed by atoms with Gasteiger partial charge in [0.15, 0.2) is 0 Å². The number of fused-ring (bicyclic) bond motifs is 9. The lowest BCUT2D eigenvalue weighted by Gasteiger charge is -2.19. The minimum atomic E-state index is 0.0393. The first kappa shape index (κ1) is 30.0. The van der Waals surface area contributed by atoms with Gasteiger partial charge in [-0.25, -0.2) is 0 Å². The summed E-state index contributed by atoms with van der Waals surface area (Å²) in [5.74, 6) is 0. The van der Waals surface area contributed by atoms with Crippen LogP contribution >= 0.6 is 0 Å². The molecule has 5 aromatic carbocycles. The van der Waals surface area contributed by atoms with Gasteiger partial charge >= 0.3 is 0 Å². The number of aromatic nitrogens is 3. The van der Waals surface area contributed by atoms with Crippen molar-refractivity contribution in [3.8, 4) is 0 Å².